The van der Waals surface area contributed by atoms with Crippen molar-refractivity contribution >= 4 is 17.5 Å². The Hall–Kier alpha value is -2.96. The van der Waals surface area contributed by atoms with Gasteiger partial charge in [0.2, 0.25) is 11.8 Å². The molecule has 26 heavy (non-hydrogen) atoms. The Morgan fingerprint density at radius 2 is 2.23 bits per heavy atom. The molecule has 3 rings (SSSR count). The van der Waals surface area contributed by atoms with Crippen LogP contribution in [0.15, 0.2) is 36.9 Å². The van der Waals surface area contributed by atoms with Crippen molar-refractivity contribution in [1.82, 2.24) is 20.1 Å². The van der Waals surface area contributed by atoms with Crippen LogP contribution in [-0.4, -0.2) is 45.0 Å². The molecule has 0 radical (unpaired) electrons. The van der Waals surface area contributed by atoms with Gasteiger partial charge in [-0.05, 0) is 31.1 Å². The molecular formula is C19H23N5O2. The molecule has 1 fully saturated rings. The van der Waals surface area contributed by atoms with Gasteiger partial charge in [-0.3, -0.25) is 14.7 Å². The number of aromatic nitrogens is 3. The first-order chi connectivity index (χ1) is 12.6. The van der Waals surface area contributed by atoms with Crippen molar-refractivity contribution in [3.05, 3.63) is 42.7 Å². The quantitative estimate of drug-likeness (QED) is 0.808. The summed E-state index contributed by atoms with van der Waals surface area (Å²) in [5.74, 6) is 0.900. The maximum atomic E-state index is 12.7. The number of rotatable bonds is 5. The van der Waals surface area contributed by atoms with Crippen molar-refractivity contribution in [3.63, 3.8) is 0 Å². The van der Waals surface area contributed by atoms with E-state index in [1.165, 1.54) is 6.08 Å². The zero-order valence-corrected chi connectivity index (χ0v) is 14.9. The normalized spacial score (nSPS) is 17.0. The van der Waals surface area contributed by atoms with Crippen LogP contribution in [0.4, 0.5) is 5.69 Å². The molecule has 1 atom stereocenters. The summed E-state index contributed by atoms with van der Waals surface area (Å²) in [7, 11) is 0. The van der Waals surface area contributed by atoms with Crippen LogP contribution >= 0.6 is 0 Å². The summed E-state index contributed by atoms with van der Waals surface area (Å²) in [6.07, 6.45) is 3.62. The molecule has 1 aromatic heterocycles. The topological polar surface area (TPSA) is 91.0 Å². The summed E-state index contributed by atoms with van der Waals surface area (Å²) >= 11 is 0. The minimum absolute atomic E-state index is 0.0923. The van der Waals surface area contributed by atoms with Crippen molar-refractivity contribution in [2.45, 2.75) is 26.2 Å². The fourth-order valence-corrected chi connectivity index (χ4v) is 3.12. The predicted octanol–water partition coefficient (Wildman–Crippen LogP) is 2.40. The van der Waals surface area contributed by atoms with E-state index in [0.717, 1.165) is 30.7 Å². The first-order valence-electron chi connectivity index (χ1n) is 8.85. The van der Waals surface area contributed by atoms with Gasteiger partial charge in [0, 0.05) is 25.1 Å². The van der Waals surface area contributed by atoms with Gasteiger partial charge in [0.25, 0.3) is 0 Å². The molecule has 136 valence electrons. The highest BCUT2D eigenvalue weighted by molar-refractivity contribution is 5.97. The van der Waals surface area contributed by atoms with Crippen LogP contribution in [0.25, 0.3) is 11.4 Å². The van der Waals surface area contributed by atoms with E-state index in [1.54, 1.807) is 4.90 Å². The number of piperidine rings is 1. The van der Waals surface area contributed by atoms with Crippen molar-refractivity contribution in [2.24, 2.45) is 5.92 Å². The average molecular weight is 353 g/mol. The average Bonchev–Trinajstić information content (AvgIpc) is 3.17. The Bertz CT molecular complexity index is 814. The number of aromatic amines is 1. The number of aryl methyl sites for hydroxylation is 1. The number of amides is 2. The van der Waals surface area contributed by atoms with E-state index >= 15 is 0 Å². The molecule has 7 heteroatoms. The van der Waals surface area contributed by atoms with E-state index in [4.69, 9.17) is 0 Å². The summed E-state index contributed by atoms with van der Waals surface area (Å²) < 4.78 is 0. The molecule has 0 aliphatic carbocycles. The number of anilines is 1. The molecule has 0 unspecified atom stereocenters. The molecule has 0 bridgehead atoms. The number of nitrogens with zero attached hydrogens (tertiary/aromatic N) is 3. The van der Waals surface area contributed by atoms with Crippen LogP contribution < -0.4 is 5.32 Å². The fourth-order valence-electron chi connectivity index (χ4n) is 3.12. The lowest BCUT2D eigenvalue weighted by Crippen LogP contribution is -2.43. The molecule has 0 spiro atoms. The maximum Gasteiger partial charge on any atom is 0.245 e. The van der Waals surface area contributed by atoms with Gasteiger partial charge in [0.15, 0.2) is 5.82 Å². The van der Waals surface area contributed by atoms with Gasteiger partial charge in [0.1, 0.15) is 5.82 Å². The number of hydrogen-bond donors (Lipinski definition) is 2. The van der Waals surface area contributed by atoms with Crippen LogP contribution in [0.5, 0.6) is 0 Å². The second-order valence-electron chi connectivity index (χ2n) is 6.32. The van der Waals surface area contributed by atoms with Crippen LogP contribution in [0.3, 0.4) is 0 Å². The van der Waals surface area contributed by atoms with E-state index in [9.17, 15) is 9.59 Å². The molecular weight excluding hydrogens is 330 g/mol. The zero-order valence-electron chi connectivity index (χ0n) is 14.9. The van der Waals surface area contributed by atoms with Crippen molar-refractivity contribution in [1.29, 1.82) is 0 Å². The Labute approximate surface area is 152 Å². The summed E-state index contributed by atoms with van der Waals surface area (Å²) in [6.45, 7) is 6.60. The smallest absolute Gasteiger partial charge is 0.245 e. The third-order valence-electron chi connectivity index (χ3n) is 4.57. The Morgan fingerprint density at radius 1 is 1.42 bits per heavy atom. The molecule has 1 aliphatic heterocycles. The van der Waals surface area contributed by atoms with Gasteiger partial charge in [-0.1, -0.05) is 25.6 Å². The summed E-state index contributed by atoms with van der Waals surface area (Å²) in [6, 6.07) is 7.47. The molecule has 2 N–H and O–H groups in total. The third-order valence-corrected chi connectivity index (χ3v) is 4.57. The number of carbonyl (C=O) groups is 2. The lowest BCUT2D eigenvalue weighted by atomic mass is 9.96. The largest absolute Gasteiger partial charge is 0.338 e. The first-order valence-corrected chi connectivity index (χ1v) is 8.85. The minimum atomic E-state index is -0.237. The van der Waals surface area contributed by atoms with Gasteiger partial charge < -0.3 is 10.2 Å². The number of para-hydroxylation sites is 1. The minimum Gasteiger partial charge on any atom is -0.338 e. The SMILES string of the molecule is C=CC(=O)N1CCC[C@@H](C(=O)Nc2ccccc2-c2n[nH]c(CC)n2)C1. The molecule has 0 saturated carbocycles. The molecule has 1 aromatic carbocycles. The van der Waals surface area contributed by atoms with Crippen molar-refractivity contribution in [3.8, 4) is 11.4 Å². The molecule has 2 heterocycles. The fraction of sp³-hybridized carbons (Fsp3) is 0.368. The van der Waals surface area contributed by atoms with E-state index in [2.05, 4.69) is 27.1 Å². The lowest BCUT2D eigenvalue weighted by Gasteiger charge is -2.31. The number of hydrogen-bond acceptors (Lipinski definition) is 4. The van der Waals surface area contributed by atoms with Crippen LogP contribution in [-0.2, 0) is 16.0 Å². The van der Waals surface area contributed by atoms with Crippen LogP contribution in [0.2, 0.25) is 0 Å². The summed E-state index contributed by atoms with van der Waals surface area (Å²) in [4.78, 5) is 30.7. The van der Waals surface area contributed by atoms with Gasteiger partial charge in [-0.25, -0.2) is 4.98 Å². The molecule has 2 amide bonds. The second kappa shape index (κ2) is 7.95. The van der Waals surface area contributed by atoms with E-state index < -0.39 is 0 Å². The first kappa shape index (κ1) is 17.8. The number of likely N-dealkylation sites (tertiary alicyclic amines) is 1. The Kier molecular flexibility index (Phi) is 5.46. The van der Waals surface area contributed by atoms with Crippen molar-refractivity contribution in [2.75, 3.05) is 18.4 Å². The highest BCUT2D eigenvalue weighted by Gasteiger charge is 2.28. The molecule has 7 nitrogen and oxygen atoms in total. The number of H-pyrrole nitrogens is 1. The Morgan fingerprint density at radius 3 is 2.96 bits per heavy atom. The van der Waals surface area contributed by atoms with Gasteiger partial charge in [-0.15, -0.1) is 0 Å². The highest BCUT2D eigenvalue weighted by atomic mass is 16.2. The molecule has 2 aromatic rings. The summed E-state index contributed by atoms with van der Waals surface area (Å²) in [5, 5.41) is 10.1. The summed E-state index contributed by atoms with van der Waals surface area (Å²) in [5.41, 5.74) is 1.44. The molecule has 1 saturated heterocycles. The standard InChI is InChI=1S/C19H23N5O2/c1-3-16-21-18(23-22-16)14-9-5-6-10-15(14)20-19(26)13-8-7-11-24(12-13)17(25)4-2/h4-6,9-10,13H,2-3,7-8,11-12H2,1H3,(H,20,26)(H,21,22,23)/t13-/m1/s1. The van der Waals surface area contributed by atoms with E-state index in [0.29, 0.717) is 24.6 Å². The highest BCUT2D eigenvalue weighted by Crippen LogP contribution is 2.26. The van der Waals surface area contributed by atoms with Crippen molar-refractivity contribution < 1.29 is 9.59 Å². The maximum absolute atomic E-state index is 12.7. The zero-order chi connectivity index (χ0) is 18.5. The molecule has 1 aliphatic rings. The third kappa shape index (κ3) is 3.82. The van der Waals surface area contributed by atoms with Crippen LogP contribution in [0.1, 0.15) is 25.6 Å². The van der Waals surface area contributed by atoms with Gasteiger partial charge >= 0.3 is 0 Å². The Balaban J connectivity index is 1.75. The predicted molar refractivity (Wildman–Crippen MR) is 99.3 cm³/mol. The monoisotopic (exact) mass is 353 g/mol. The number of benzene rings is 1. The van der Waals surface area contributed by atoms with Gasteiger partial charge in [0.05, 0.1) is 11.6 Å². The van der Waals surface area contributed by atoms with E-state index in [1.807, 2.05) is 31.2 Å². The van der Waals surface area contributed by atoms with E-state index in [-0.39, 0.29) is 17.7 Å². The lowest BCUT2D eigenvalue weighted by molar-refractivity contribution is -0.130. The van der Waals surface area contributed by atoms with Crippen LogP contribution in [0, 0.1) is 5.92 Å². The number of carbonyl (C=O) groups excluding carboxylic acids is 2. The number of nitrogens with one attached hydrogen (secondary N) is 2. The second-order valence-corrected chi connectivity index (χ2v) is 6.32. The van der Waals surface area contributed by atoms with Gasteiger partial charge in [-0.2, -0.15) is 5.10 Å².